The minimum absolute atomic E-state index is 0.0817. The van der Waals surface area contributed by atoms with Crippen molar-refractivity contribution < 1.29 is 9.18 Å². The minimum atomic E-state index is -0.248. The summed E-state index contributed by atoms with van der Waals surface area (Å²) < 4.78 is 12.9. The van der Waals surface area contributed by atoms with E-state index in [4.69, 9.17) is 0 Å². The Balaban J connectivity index is 1.31. The van der Waals surface area contributed by atoms with Crippen LogP contribution in [0.4, 0.5) is 9.18 Å². The van der Waals surface area contributed by atoms with E-state index in [2.05, 4.69) is 10.6 Å². The van der Waals surface area contributed by atoms with Crippen molar-refractivity contribution >= 4 is 6.03 Å². The molecule has 4 aliphatic rings. The Labute approximate surface area is 130 Å². The van der Waals surface area contributed by atoms with Gasteiger partial charge in [-0.3, -0.25) is 0 Å². The number of carbonyl (C=O) groups excluding carboxylic acids is 1. The molecule has 4 bridgehead atoms. The van der Waals surface area contributed by atoms with Crippen molar-refractivity contribution in [1.29, 1.82) is 0 Å². The number of nitrogens with one attached hydrogen (secondary N) is 2. The highest BCUT2D eigenvalue weighted by atomic mass is 19.1. The van der Waals surface area contributed by atoms with Crippen molar-refractivity contribution in [3.05, 3.63) is 35.6 Å². The fraction of sp³-hybridized carbons (Fsp3) is 0.611. The molecule has 0 spiro atoms. The fourth-order valence-electron chi connectivity index (χ4n) is 5.15. The Hall–Kier alpha value is -1.58. The average Bonchev–Trinajstić information content (AvgIpc) is 2.50. The number of rotatable bonds is 3. The summed E-state index contributed by atoms with van der Waals surface area (Å²) in [5, 5.41) is 6.12. The van der Waals surface area contributed by atoms with E-state index in [9.17, 15) is 9.18 Å². The van der Waals surface area contributed by atoms with Gasteiger partial charge in [-0.1, -0.05) is 12.1 Å². The van der Waals surface area contributed by atoms with Gasteiger partial charge in [0.15, 0.2) is 0 Å². The molecule has 3 nitrogen and oxygen atoms in total. The van der Waals surface area contributed by atoms with Crippen LogP contribution in [-0.2, 0) is 6.54 Å². The van der Waals surface area contributed by atoms with Crippen LogP contribution in [0.2, 0.25) is 0 Å². The topological polar surface area (TPSA) is 41.1 Å². The SMILES string of the molecule is O=C(NCc1ccc(F)cc1)NC1C2CC3CC(C2)CC1C3. The van der Waals surface area contributed by atoms with Gasteiger partial charge in [0, 0.05) is 12.6 Å². The molecular formula is C18H23FN2O. The first-order valence-electron chi connectivity index (χ1n) is 8.46. The molecule has 2 N–H and O–H groups in total. The molecule has 0 aliphatic heterocycles. The van der Waals surface area contributed by atoms with E-state index >= 15 is 0 Å². The maximum atomic E-state index is 12.9. The predicted molar refractivity (Wildman–Crippen MR) is 82.6 cm³/mol. The van der Waals surface area contributed by atoms with Crippen LogP contribution in [0.3, 0.4) is 0 Å². The van der Waals surface area contributed by atoms with Gasteiger partial charge in [-0.05, 0) is 73.5 Å². The molecule has 0 aromatic heterocycles. The number of carbonyl (C=O) groups is 1. The highest BCUT2D eigenvalue weighted by Gasteiger charge is 2.48. The van der Waals surface area contributed by atoms with Crippen LogP contribution in [0, 0.1) is 29.5 Å². The summed E-state index contributed by atoms with van der Waals surface area (Å²) in [4.78, 5) is 12.2. The van der Waals surface area contributed by atoms with E-state index in [1.807, 2.05) is 0 Å². The normalized spacial score (nSPS) is 35.4. The Bertz CT molecular complexity index is 529. The molecule has 4 saturated carbocycles. The largest absolute Gasteiger partial charge is 0.335 e. The molecule has 1 aromatic carbocycles. The zero-order valence-electron chi connectivity index (χ0n) is 12.7. The quantitative estimate of drug-likeness (QED) is 0.882. The highest BCUT2D eigenvalue weighted by molar-refractivity contribution is 5.74. The first-order valence-corrected chi connectivity index (χ1v) is 8.46. The van der Waals surface area contributed by atoms with Crippen molar-refractivity contribution in [1.82, 2.24) is 10.6 Å². The molecule has 0 atom stereocenters. The molecule has 2 amide bonds. The lowest BCUT2D eigenvalue weighted by molar-refractivity contribution is -0.00942. The zero-order valence-corrected chi connectivity index (χ0v) is 12.7. The van der Waals surface area contributed by atoms with E-state index in [0.717, 1.165) is 17.4 Å². The molecule has 0 radical (unpaired) electrons. The van der Waals surface area contributed by atoms with Crippen LogP contribution < -0.4 is 10.6 Å². The summed E-state index contributed by atoms with van der Waals surface area (Å²) in [6.45, 7) is 0.444. The summed E-state index contributed by atoms with van der Waals surface area (Å²) >= 11 is 0. The second-order valence-electron chi connectivity index (χ2n) is 7.41. The number of hydrogen-bond acceptors (Lipinski definition) is 1. The Morgan fingerprint density at radius 3 is 2.18 bits per heavy atom. The highest BCUT2D eigenvalue weighted by Crippen LogP contribution is 2.53. The van der Waals surface area contributed by atoms with Crippen LogP contribution in [0.1, 0.15) is 37.7 Å². The van der Waals surface area contributed by atoms with Crippen molar-refractivity contribution in [3.63, 3.8) is 0 Å². The molecule has 4 aliphatic carbocycles. The van der Waals surface area contributed by atoms with Gasteiger partial charge >= 0.3 is 6.03 Å². The van der Waals surface area contributed by atoms with E-state index < -0.39 is 0 Å². The number of amides is 2. The molecule has 22 heavy (non-hydrogen) atoms. The van der Waals surface area contributed by atoms with Gasteiger partial charge in [-0.2, -0.15) is 0 Å². The van der Waals surface area contributed by atoms with Crippen LogP contribution in [0.5, 0.6) is 0 Å². The van der Waals surface area contributed by atoms with Gasteiger partial charge in [0.1, 0.15) is 5.82 Å². The molecule has 5 rings (SSSR count). The van der Waals surface area contributed by atoms with E-state index in [-0.39, 0.29) is 11.8 Å². The second kappa shape index (κ2) is 5.56. The van der Waals surface area contributed by atoms with Crippen LogP contribution >= 0.6 is 0 Å². The van der Waals surface area contributed by atoms with E-state index in [1.54, 1.807) is 12.1 Å². The van der Waals surface area contributed by atoms with Crippen LogP contribution in [0.25, 0.3) is 0 Å². The molecular weight excluding hydrogens is 279 g/mol. The van der Waals surface area contributed by atoms with Crippen LogP contribution in [-0.4, -0.2) is 12.1 Å². The molecule has 118 valence electrons. The number of halogens is 1. The monoisotopic (exact) mass is 302 g/mol. The number of benzene rings is 1. The summed E-state index contributed by atoms with van der Waals surface area (Å²) in [6.07, 6.45) is 6.63. The predicted octanol–water partition coefficient (Wildman–Crippen LogP) is 3.45. The Morgan fingerprint density at radius 2 is 1.59 bits per heavy atom. The lowest BCUT2D eigenvalue weighted by Crippen LogP contribution is -2.57. The molecule has 1 aromatic rings. The Kier molecular flexibility index (Phi) is 3.55. The van der Waals surface area contributed by atoms with Crippen molar-refractivity contribution in [2.24, 2.45) is 23.7 Å². The standard InChI is InChI=1S/C18H23FN2O/c19-16-3-1-11(2-4-16)10-20-18(22)21-17-14-6-12-5-13(8-14)9-15(17)7-12/h1-4,12-15,17H,5-10H2,(H2,20,21,22). The third kappa shape index (κ3) is 2.71. The summed E-state index contributed by atoms with van der Waals surface area (Å²) in [5.74, 6) is 2.97. The minimum Gasteiger partial charge on any atom is -0.335 e. The summed E-state index contributed by atoms with van der Waals surface area (Å²) in [5.41, 5.74) is 0.918. The molecule has 4 heteroatoms. The van der Waals surface area contributed by atoms with Crippen molar-refractivity contribution in [3.8, 4) is 0 Å². The zero-order chi connectivity index (χ0) is 15.1. The van der Waals surface area contributed by atoms with Crippen LogP contribution in [0.15, 0.2) is 24.3 Å². The molecule has 0 unspecified atom stereocenters. The van der Waals surface area contributed by atoms with Gasteiger partial charge < -0.3 is 10.6 Å². The molecule has 0 saturated heterocycles. The maximum absolute atomic E-state index is 12.9. The first kappa shape index (κ1) is 14.0. The lowest BCUT2D eigenvalue weighted by Gasteiger charge is -2.54. The summed E-state index contributed by atoms with van der Waals surface area (Å²) in [7, 11) is 0. The Morgan fingerprint density at radius 1 is 1.00 bits per heavy atom. The summed E-state index contributed by atoms with van der Waals surface area (Å²) in [6, 6.07) is 6.54. The molecule has 4 fully saturated rings. The number of urea groups is 1. The van der Waals surface area contributed by atoms with Crippen molar-refractivity contribution in [2.75, 3.05) is 0 Å². The van der Waals surface area contributed by atoms with Gasteiger partial charge in [0.25, 0.3) is 0 Å². The average molecular weight is 302 g/mol. The smallest absolute Gasteiger partial charge is 0.315 e. The third-order valence-corrected chi connectivity index (χ3v) is 5.89. The third-order valence-electron chi connectivity index (χ3n) is 5.89. The van der Waals surface area contributed by atoms with Gasteiger partial charge in [-0.25, -0.2) is 9.18 Å². The fourth-order valence-corrected chi connectivity index (χ4v) is 5.15. The molecule has 0 heterocycles. The van der Waals surface area contributed by atoms with Crippen molar-refractivity contribution in [2.45, 2.75) is 44.7 Å². The second-order valence-corrected chi connectivity index (χ2v) is 7.41. The maximum Gasteiger partial charge on any atom is 0.315 e. The van der Waals surface area contributed by atoms with E-state index in [1.165, 1.54) is 44.2 Å². The number of hydrogen-bond donors (Lipinski definition) is 2. The van der Waals surface area contributed by atoms with Gasteiger partial charge in [-0.15, -0.1) is 0 Å². The van der Waals surface area contributed by atoms with Gasteiger partial charge in [0.2, 0.25) is 0 Å². The first-order chi connectivity index (χ1) is 10.7. The van der Waals surface area contributed by atoms with Gasteiger partial charge in [0.05, 0.1) is 0 Å². The lowest BCUT2D eigenvalue weighted by atomic mass is 9.54. The van der Waals surface area contributed by atoms with E-state index in [0.29, 0.717) is 24.4 Å².